The average Bonchev–Trinajstić information content (AvgIpc) is 3.08. The lowest BCUT2D eigenvalue weighted by Gasteiger charge is -2.15. The van der Waals surface area contributed by atoms with E-state index in [9.17, 15) is 10.1 Å². The van der Waals surface area contributed by atoms with Crippen LogP contribution in [0.15, 0.2) is 18.5 Å². The molecular weight excluding hydrogens is 308 g/mol. The summed E-state index contributed by atoms with van der Waals surface area (Å²) in [5, 5.41) is 18.3. The molecule has 0 unspecified atom stereocenters. The molecule has 0 aliphatic carbocycles. The van der Waals surface area contributed by atoms with Crippen molar-refractivity contribution >= 4 is 28.1 Å². The molecule has 0 bridgehead atoms. The third kappa shape index (κ3) is 3.53. The molecule has 2 heterocycles. The lowest BCUT2D eigenvalue weighted by Crippen LogP contribution is -2.26. The molecule has 1 fully saturated rings. The van der Waals surface area contributed by atoms with Gasteiger partial charge in [0.05, 0.1) is 10.4 Å². The van der Waals surface area contributed by atoms with Crippen molar-refractivity contribution in [1.82, 2.24) is 14.9 Å². The van der Waals surface area contributed by atoms with Gasteiger partial charge in [0.15, 0.2) is 0 Å². The molecule has 0 atom stereocenters. The minimum absolute atomic E-state index is 0.0433. The number of hydrogen-bond acceptors (Lipinski definition) is 7. The Labute approximate surface area is 140 Å². The van der Waals surface area contributed by atoms with Gasteiger partial charge >= 0.3 is 0 Å². The number of rotatable bonds is 7. The molecule has 0 amide bonds. The van der Waals surface area contributed by atoms with Crippen LogP contribution in [0.25, 0.3) is 10.9 Å². The predicted octanol–water partition coefficient (Wildman–Crippen LogP) is 2.48. The van der Waals surface area contributed by atoms with E-state index in [0.717, 1.165) is 26.2 Å². The number of likely N-dealkylation sites (tertiary alicyclic amines) is 1. The molecule has 1 aliphatic rings. The molecule has 2 N–H and O–H groups in total. The lowest BCUT2D eigenvalue weighted by molar-refractivity contribution is -0.383. The summed E-state index contributed by atoms with van der Waals surface area (Å²) in [6.07, 6.45) is 4.01. The standard InChI is InChI=1S/C16H22N6O2/c1-2-17-14-10-13-12(9-15(14)22(23)24)16(20-11-19-13)18-5-8-21-6-3-4-7-21/h9-11,17H,2-8H2,1H3,(H,18,19,20). The molecule has 8 heteroatoms. The first-order valence-electron chi connectivity index (χ1n) is 8.32. The van der Waals surface area contributed by atoms with Crippen LogP contribution in [0.3, 0.4) is 0 Å². The van der Waals surface area contributed by atoms with Crippen LogP contribution in [-0.2, 0) is 0 Å². The number of aromatic nitrogens is 2. The first-order chi connectivity index (χ1) is 11.7. The van der Waals surface area contributed by atoms with Crippen molar-refractivity contribution in [3.05, 3.63) is 28.6 Å². The first-order valence-corrected chi connectivity index (χ1v) is 8.32. The van der Waals surface area contributed by atoms with Gasteiger partial charge in [0, 0.05) is 31.1 Å². The number of anilines is 2. The van der Waals surface area contributed by atoms with Crippen LogP contribution < -0.4 is 10.6 Å². The van der Waals surface area contributed by atoms with E-state index in [-0.39, 0.29) is 10.6 Å². The number of hydrogen-bond donors (Lipinski definition) is 2. The summed E-state index contributed by atoms with van der Waals surface area (Å²) in [6, 6.07) is 3.26. The summed E-state index contributed by atoms with van der Waals surface area (Å²) in [4.78, 5) is 21.9. The van der Waals surface area contributed by atoms with Crippen LogP contribution in [0.1, 0.15) is 19.8 Å². The Hall–Kier alpha value is -2.48. The summed E-state index contributed by atoms with van der Waals surface area (Å²) in [5.41, 5.74) is 1.22. The van der Waals surface area contributed by atoms with Crippen molar-refractivity contribution in [3.8, 4) is 0 Å². The zero-order chi connectivity index (χ0) is 16.9. The SMILES string of the molecule is CCNc1cc2ncnc(NCCN3CCCC3)c2cc1[N+](=O)[O-]. The first kappa shape index (κ1) is 16.4. The monoisotopic (exact) mass is 330 g/mol. The van der Waals surface area contributed by atoms with Crippen LogP contribution in [0, 0.1) is 10.1 Å². The largest absolute Gasteiger partial charge is 0.380 e. The fourth-order valence-corrected chi connectivity index (χ4v) is 3.05. The Morgan fingerprint density at radius 2 is 2.04 bits per heavy atom. The molecule has 1 aliphatic heterocycles. The van der Waals surface area contributed by atoms with Crippen LogP contribution in [-0.4, -0.2) is 52.5 Å². The zero-order valence-corrected chi connectivity index (χ0v) is 13.8. The molecule has 1 aromatic carbocycles. The fourth-order valence-electron chi connectivity index (χ4n) is 3.05. The Balaban J connectivity index is 1.84. The van der Waals surface area contributed by atoms with E-state index >= 15 is 0 Å². The highest BCUT2D eigenvalue weighted by Gasteiger charge is 2.17. The summed E-state index contributed by atoms with van der Waals surface area (Å²) in [6.45, 7) is 6.50. The van der Waals surface area contributed by atoms with E-state index in [4.69, 9.17) is 0 Å². The van der Waals surface area contributed by atoms with Crippen molar-refractivity contribution in [2.75, 3.05) is 43.4 Å². The van der Waals surface area contributed by atoms with Gasteiger partial charge in [-0.3, -0.25) is 10.1 Å². The maximum atomic E-state index is 11.3. The molecule has 128 valence electrons. The highest BCUT2D eigenvalue weighted by atomic mass is 16.6. The van der Waals surface area contributed by atoms with E-state index in [1.807, 2.05) is 6.92 Å². The van der Waals surface area contributed by atoms with Crippen LogP contribution in [0.4, 0.5) is 17.2 Å². The molecular formula is C16H22N6O2. The van der Waals surface area contributed by atoms with Gasteiger partial charge in [0.2, 0.25) is 0 Å². The average molecular weight is 330 g/mol. The van der Waals surface area contributed by atoms with Crippen LogP contribution in [0.5, 0.6) is 0 Å². The van der Waals surface area contributed by atoms with Gasteiger partial charge in [-0.05, 0) is 38.9 Å². The summed E-state index contributed by atoms with van der Waals surface area (Å²) in [7, 11) is 0. The second kappa shape index (κ2) is 7.39. The molecule has 2 aromatic rings. The molecule has 1 aromatic heterocycles. The van der Waals surface area contributed by atoms with E-state index in [1.54, 1.807) is 12.1 Å². The van der Waals surface area contributed by atoms with Crippen molar-refractivity contribution in [1.29, 1.82) is 0 Å². The van der Waals surface area contributed by atoms with E-state index in [2.05, 4.69) is 25.5 Å². The van der Waals surface area contributed by atoms with Gasteiger partial charge in [-0.1, -0.05) is 0 Å². The normalized spacial score (nSPS) is 14.9. The third-order valence-corrected chi connectivity index (χ3v) is 4.24. The van der Waals surface area contributed by atoms with Gasteiger partial charge in [-0.25, -0.2) is 9.97 Å². The number of benzene rings is 1. The molecule has 3 rings (SSSR count). The molecule has 0 radical (unpaired) electrons. The van der Waals surface area contributed by atoms with E-state index in [1.165, 1.54) is 19.2 Å². The second-order valence-corrected chi connectivity index (χ2v) is 5.87. The van der Waals surface area contributed by atoms with Crippen molar-refractivity contribution < 1.29 is 4.92 Å². The summed E-state index contributed by atoms with van der Waals surface area (Å²) < 4.78 is 0. The molecule has 24 heavy (non-hydrogen) atoms. The van der Waals surface area contributed by atoms with Gasteiger partial charge in [-0.15, -0.1) is 0 Å². The lowest BCUT2D eigenvalue weighted by atomic mass is 10.1. The van der Waals surface area contributed by atoms with E-state index in [0.29, 0.717) is 29.0 Å². The predicted molar refractivity (Wildman–Crippen MR) is 94.5 cm³/mol. The van der Waals surface area contributed by atoms with Crippen molar-refractivity contribution in [3.63, 3.8) is 0 Å². The number of fused-ring (bicyclic) bond motifs is 1. The van der Waals surface area contributed by atoms with Crippen LogP contribution >= 0.6 is 0 Å². The van der Waals surface area contributed by atoms with Crippen LogP contribution in [0.2, 0.25) is 0 Å². The van der Waals surface area contributed by atoms with Gasteiger partial charge in [-0.2, -0.15) is 0 Å². The zero-order valence-electron chi connectivity index (χ0n) is 13.8. The minimum Gasteiger partial charge on any atom is -0.380 e. The topological polar surface area (TPSA) is 96.2 Å². The highest BCUT2D eigenvalue weighted by molar-refractivity contribution is 5.94. The molecule has 0 saturated carbocycles. The number of nitrogens with zero attached hydrogens (tertiary/aromatic N) is 4. The number of nitrogens with one attached hydrogen (secondary N) is 2. The van der Waals surface area contributed by atoms with Crippen molar-refractivity contribution in [2.24, 2.45) is 0 Å². The third-order valence-electron chi connectivity index (χ3n) is 4.24. The fraction of sp³-hybridized carbons (Fsp3) is 0.500. The summed E-state index contributed by atoms with van der Waals surface area (Å²) in [5.74, 6) is 0.644. The molecule has 1 saturated heterocycles. The Morgan fingerprint density at radius 1 is 1.25 bits per heavy atom. The minimum atomic E-state index is -0.377. The maximum Gasteiger partial charge on any atom is 0.293 e. The maximum absolute atomic E-state index is 11.3. The smallest absolute Gasteiger partial charge is 0.293 e. The summed E-state index contributed by atoms with van der Waals surface area (Å²) >= 11 is 0. The Morgan fingerprint density at radius 3 is 2.75 bits per heavy atom. The Kier molecular flexibility index (Phi) is 5.05. The number of nitro groups is 1. The number of nitro benzene ring substituents is 1. The van der Waals surface area contributed by atoms with Gasteiger partial charge < -0.3 is 15.5 Å². The highest BCUT2D eigenvalue weighted by Crippen LogP contribution is 2.31. The Bertz CT molecular complexity index is 730. The van der Waals surface area contributed by atoms with Gasteiger partial charge in [0.25, 0.3) is 5.69 Å². The van der Waals surface area contributed by atoms with Gasteiger partial charge in [0.1, 0.15) is 17.8 Å². The molecule has 8 nitrogen and oxygen atoms in total. The second-order valence-electron chi connectivity index (χ2n) is 5.87. The molecule has 0 spiro atoms. The van der Waals surface area contributed by atoms with E-state index < -0.39 is 0 Å². The quantitative estimate of drug-likeness (QED) is 0.594. The van der Waals surface area contributed by atoms with Crippen molar-refractivity contribution in [2.45, 2.75) is 19.8 Å².